The monoisotopic (exact) mass is 447 g/mol. The second kappa shape index (κ2) is 11.1. The molecule has 172 valence electrons. The number of nitrogens with one attached hydrogen (secondary N) is 2. The first-order valence-corrected chi connectivity index (χ1v) is 10.8. The first kappa shape index (κ1) is 23.8. The molecule has 1 heterocycles. The molecule has 0 aliphatic heterocycles. The highest BCUT2D eigenvalue weighted by atomic mass is 16.6. The van der Waals surface area contributed by atoms with Crippen molar-refractivity contribution in [3.8, 4) is 5.75 Å². The number of ether oxygens (including phenoxy) is 2. The number of carbonyl (C=O) groups excluding carboxylic acids is 2. The molecule has 0 saturated carbocycles. The predicted molar refractivity (Wildman–Crippen MR) is 127 cm³/mol. The molecule has 3 rings (SSSR count). The van der Waals surface area contributed by atoms with Gasteiger partial charge in [-0.25, -0.2) is 4.79 Å². The second-order valence-electron chi connectivity index (χ2n) is 8.52. The van der Waals surface area contributed by atoms with Crippen LogP contribution >= 0.6 is 0 Å². The van der Waals surface area contributed by atoms with Crippen LogP contribution in [-0.4, -0.2) is 28.6 Å². The van der Waals surface area contributed by atoms with Crippen LogP contribution in [0.1, 0.15) is 32.0 Å². The first-order chi connectivity index (χ1) is 15.8. The average Bonchev–Trinajstić information content (AvgIpc) is 2.78. The summed E-state index contributed by atoms with van der Waals surface area (Å²) < 4.78 is 11.1. The summed E-state index contributed by atoms with van der Waals surface area (Å²) >= 11 is 0. The van der Waals surface area contributed by atoms with E-state index in [0.717, 1.165) is 5.56 Å². The molecule has 7 nitrogen and oxygen atoms in total. The molecule has 7 heteroatoms. The van der Waals surface area contributed by atoms with Gasteiger partial charge in [-0.05, 0) is 50.6 Å². The molecule has 0 aliphatic rings. The van der Waals surface area contributed by atoms with Crippen molar-refractivity contribution < 1.29 is 19.1 Å². The fourth-order valence-electron chi connectivity index (χ4n) is 2.98. The van der Waals surface area contributed by atoms with E-state index >= 15 is 0 Å². The number of amides is 2. The quantitative estimate of drug-likeness (QED) is 0.521. The summed E-state index contributed by atoms with van der Waals surface area (Å²) in [6.45, 7) is 5.73. The molecule has 0 aliphatic carbocycles. The Morgan fingerprint density at radius 1 is 0.939 bits per heavy atom. The summed E-state index contributed by atoms with van der Waals surface area (Å²) in [7, 11) is 0. The lowest BCUT2D eigenvalue weighted by molar-refractivity contribution is -0.118. The van der Waals surface area contributed by atoms with Gasteiger partial charge >= 0.3 is 6.09 Å². The number of benzene rings is 2. The Balaban J connectivity index is 1.66. The lowest BCUT2D eigenvalue weighted by Crippen LogP contribution is -2.47. The van der Waals surface area contributed by atoms with Crippen LogP contribution in [0.4, 0.5) is 10.5 Å². The summed E-state index contributed by atoms with van der Waals surface area (Å²) in [5, 5.41) is 5.48. The lowest BCUT2D eigenvalue weighted by atomic mass is 10.1. The van der Waals surface area contributed by atoms with Crippen molar-refractivity contribution in [1.82, 2.24) is 10.3 Å². The van der Waals surface area contributed by atoms with Crippen molar-refractivity contribution in [1.29, 1.82) is 0 Å². The smallest absolute Gasteiger partial charge is 0.408 e. The van der Waals surface area contributed by atoms with Gasteiger partial charge in [0.1, 0.15) is 24.0 Å². The molecule has 33 heavy (non-hydrogen) atoms. The molecule has 0 bridgehead atoms. The summed E-state index contributed by atoms with van der Waals surface area (Å²) in [6, 6.07) is 21.6. The minimum atomic E-state index is -0.872. The van der Waals surface area contributed by atoms with Gasteiger partial charge in [-0.3, -0.25) is 9.78 Å². The van der Waals surface area contributed by atoms with Crippen LogP contribution in [0, 0.1) is 0 Å². The van der Waals surface area contributed by atoms with Crippen molar-refractivity contribution in [3.05, 3.63) is 90.3 Å². The summed E-state index contributed by atoms with van der Waals surface area (Å²) in [5.74, 6) is 0.256. The molecule has 1 atom stereocenters. The Morgan fingerprint density at radius 3 is 2.21 bits per heavy atom. The van der Waals surface area contributed by atoms with Crippen LogP contribution in [0.25, 0.3) is 0 Å². The Labute approximate surface area is 194 Å². The number of para-hydroxylation sites is 1. The number of hydrogen-bond donors (Lipinski definition) is 2. The van der Waals surface area contributed by atoms with Crippen molar-refractivity contribution >= 4 is 17.7 Å². The zero-order valence-corrected chi connectivity index (χ0v) is 19.1. The van der Waals surface area contributed by atoms with Crippen molar-refractivity contribution in [3.63, 3.8) is 0 Å². The van der Waals surface area contributed by atoms with Gasteiger partial charge in [-0.2, -0.15) is 0 Å². The van der Waals surface area contributed by atoms with Crippen LogP contribution in [-0.2, 0) is 22.6 Å². The van der Waals surface area contributed by atoms with Crippen molar-refractivity contribution in [2.75, 3.05) is 5.32 Å². The molecule has 2 N–H and O–H groups in total. The number of carbonyl (C=O) groups is 2. The molecular formula is C26H29N3O4. The minimum absolute atomic E-state index is 0.191. The van der Waals surface area contributed by atoms with E-state index in [0.29, 0.717) is 23.7 Å². The van der Waals surface area contributed by atoms with Gasteiger partial charge in [0, 0.05) is 17.8 Å². The van der Waals surface area contributed by atoms with Gasteiger partial charge in [0.2, 0.25) is 5.91 Å². The largest absolute Gasteiger partial charge is 0.487 e. The maximum atomic E-state index is 12.9. The third-order valence-electron chi connectivity index (χ3n) is 4.51. The molecule has 3 aromatic rings. The molecule has 2 amide bonds. The minimum Gasteiger partial charge on any atom is -0.487 e. The molecule has 1 unspecified atom stereocenters. The van der Waals surface area contributed by atoms with E-state index in [1.807, 2.05) is 48.5 Å². The highest BCUT2D eigenvalue weighted by Crippen LogP contribution is 2.14. The normalized spacial score (nSPS) is 11.8. The Hall–Kier alpha value is -3.87. The topological polar surface area (TPSA) is 89.6 Å². The van der Waals surface area contributed by atoms with Crippen LogP contribution < -0.4 is 15.4 Å². The van der Waals surface area contributed by atoms with Gasteiger partial charge in [0.15, 0.2) is 0 Å². The van der Waals surface area contributed by atoms with Crippen LogP contribution in [0.5, 0.6) is 5.75 Å². The molecular weight excluding hydrogens is 418 g/mol. The molecule has 2 aromatic carbocycles. The van der Waals surface area contributed by atoms with Gasteiger partial charge in [0.05, 0.1) is 6.20 Å². The van der Waals surface area contributed by atoms with Crippen molar-refractivity contribution in [2.24, 2.45) is 0 Å². The number of pyridine rings is 1. The summed E-state index contributed by atoms with van der Waals surface area (Å²) in [4.78, 5) is 29.7. The fraction of sp³-hybridized carbons (Fsp3) is 0.269. The standard InChI is InChI=1S/C26H29N3O4/c1-26(2,3)33-25(31)29-23(24(30)28-20-12-8-5-9-13-20)16-21-14-15-22(17-27-21)32-18-19-10-6-4-7-11-19/h4-15,17,23H,16,18H2,1-3H3,(H,28,30)(H,29,31). The molecule has 0 spiro atoms. The highest BCUT2D eigenvalue weighted by Gasteiger charge is 2.25. The van der Waals surface area contributed by atoms with E-state index in [4.69, 9.17) is 9.47 Å². The molecule has 0 radical (unpaired) electrons. The van der Waals surface area contributed by atoms with E-state index in [2.05, 4.69) is 15.6 Å². The maximum Gasteiger partial charge on any atom is 0.408 e. The predicted octanol–water partition coefficient (Wildman–Crippen LogP) is 4.74. The maximum absolute atomic E-state index is 12.9. The zero-order valence-electron chi connectivity index (χ0n) is 19.1. The number of rotatable bonds is 8. The first-order valence-electron chi connectivity index (χ1n) is 10.8. The van der Waals surface area contributed by atoms with E-state index in [9.17, 15) is 9.59 Å². The van der Waals surface area contributed by atoms with E-state index < -0.39 is 17.7 Å². The van der Waals surface area contributed by atoms with E-state index in [1.54, 1.807) is 51.2 Å². The van der Waals surface area contributed by atoms with Crippen molar-refractivity contribution in [2.45, 2.75) is 45.4 Å². The molecule has 0 saturated heterocycles. The number of alkyl carbamates (subject to hydrolysis) is 1. The summed E-state index contributed by atoms with van der Waals surface area (Å²) in [6.07, 6.45) is 1.13. The third kappa shape index (κ3) is 8.29. The molecule has 0 fully saturated rings. The van der Waals surface area contributed by atoms with Crippen LogP contribution in [0.2, 0.25) is 0 Å². The average molecular weight is 448 g/mol. The lowest BCUT2D eigenvalue weighted by Gasteiger charge is -2.23. The SMILES string of the molecule is CC(C)(C)OC(=O)NC(Cc1ccc(OCc2ccccc2)cn1)C(=O)Nc1ccccc1. The third-order valence-corrected chi connectivity index (χ3v) is 4.51. The number of hydrogen-bond acceptors (Lipinski definition) is 5. The second-order valence-corrected chi connectivity index (χ2v) is 8.52. The van der Waals surface area contributed by atoms with Gasteiger partial charge in [0.25, 0.3) is 0 Å². The van der Waals surface area contributed by atoms with Gasteiger partial charge in [-0.1, -0.05) is 48.5 Å². The van der Waals surface area contributed by atoms with E-state index in [1.165, 1.54) is 0 Å². The Kier molecular flexibility index (Phi) is 8.02. The van der Waals surface area contributed by atoms with E-state index in [-0.39, 0.29) is 12.3 Å². The number of anilines is 1. The Morgan fingerprint density at radius 2 is 1.61 bits per heavy atom. The van der Waals surface area contributed by atoms with Gasteiger partial charge in [-0.15, -0.1) is 0 Å². The summed E-state index contributed by atoms with van der Waals surface area (Å²) in [5.41, 5.74) is 1.64. The highest BCUT2D eigenvalue weighted by molar-refractivity contribution is 5.96. The molecule has 1 aromatic heterocycles. The number of aromatic nitrogens is 1. The number of nitrogens with zero attached hydrogens (tertiary/aromatic N) is 1. The zero-order chi connectivity index (χ0) is 23.7. The fourth-order valence-corrected chi connectivity index (χ4v) is 2.98. The Bertz CT molecular complexity index is 1030. The van der Waals surface area contributed by atoms with Crippen LogP contribution in [0.15, 0.2) is 79.0 Å². The van der Waals surface area contributed by atoms with Crippen LogP contribution in [0.3, 0.4) is 0 Å². The van der Waals surface area contributed by atoms with Gasteiger partial charge < -0.3 is 20.1 Å².